The van der Waals surface area contributed by atoms with Gasteiger partial charge in [-0.1, -0.05) is 59.3 Å². The fourth-order valence-electron chi connectivity index (χ4n) is 1.95. The van der Waals surface area contributed by atoms with Gasteiger partial charge in [-0.3, -0.25) is 4.79 Å². The molecule has 0 saturated carbocycles. The summed E-state index contributed by atoms with van der Waals surface area (Å²) in [4.78, 5) is 11.3. The van der Waals surface area contributed by atoms with Crippen LogP contribution in [0.5, 0.6) is 10.8 Å². The van der Waals surface area contributed by atoms with E-state index in [0.29, 0.717) is 20.7 Å². The zero-order valence-electron chi connectivity index (χ0n) is 11.0. The highest BCUT2D eigenvalue weighted by Gasteiger charge is 2.07. The largest absolute Gasteiger partial charge is 0.445 e. The van der Waals surface area contributed by atoms with Crippen molar-refractivity contribution < 1.29 is 9.53 Å². The molecule has 0 fully saturated rings. The van der Waals surface area contributed by atoms with E-state index in [1.54, 1.807) is 12.1 Å². The van der Waals surface area contributed by atoms with E-state index in [9.17, 15) is 4.79 Å². The molecule has 0 unspecified atom stereocenters. The Morgan fingerprint density at radius 1 is 0.952 bits per heavy atom. The molecular formula is C17H11ClO2S. The van der Waals surface area contributed by atoms with Crippen LogP contribution in [0.15, 0.2) is 60.7 Å². The Balaban J connectivity index is 1.86. The number of hydrogen-bond acceptors (Lipinski definition) is 3. The fraction of sp³-hybridized carbons (Fsp3) is 0. The fourth-order valence-corrected chi connectivity index (χ4v) is 2.86. The van der Waals surface area contributed by atoms with Crippen LogP contribution in [0.2, 0.25) is 5.02 Å². The summed E-state index contributed by atoms with van der Waals surface area (Å²) in [6, 6.07) is 19.2. The number of halogens is 1. The maximum atomic E-state index is 10.7. The number of ether oxygens (including phenoxy) is 1. The molecule has 0 saturated heterocycles. The summed E-state index contributed by atoms with van der Waals surface area (Å²) in [6.07, 6.45) is 0.803. The first kappa shape index (κ1) is 13.9. The summed E-state index contributed by atoms with van der Waals surface area (Å²) in [5.41, 5.74) is 2.14. The second-order valence-electron chi connectivity index (χ2n) is 4.39. The van der Waals surface area contributed by atoms with E-state index < -0.39 is 0 Å². The molecule has 0 aliphatic rings. The maximum absolute atomic E-state index is 10.7. The molecule has 104 valence electrons. The minimum absolute atomic E-state index is 0.539. The van der Waals surface area contributed by atoms with E-state index in [1.807, 2.05) is 48.5 Å². The van der Waals surface area contributed by atoms with Crippen LogP contribution in [-0.2, 0) is 0 Å². The molecular weight excluding hydrogens is 304 g/mol. The normalized spacial score (nSPS) is 10.3. The van der Waals surface area contributed by atoms with E-state index in [-0.39, 0.29) is 0 Å². The van der Waals surface area contributed by atoms with Crippen molar-refractivity contribution in [3.63, 3.8) is 0 Å². The van der Waals surface area contributed by atoms with Crippen molar-refractivity contribution >= 4 is 29.2 Å². The van der Waals surface area contributed by atoms with Gasteiger partial charge >= 0.3 is 0 Å². The summed E-state index contributed by atoms with van der Waals surface area (Å²) in [6.45, 7) is 0. The number of benzene rings is 2. The average Bonchev–Trinajstić information content (AvgIpc) is 2.98. The number of aldehydes is 1. The van der Waals surface area contributed by atoms with Gasteiger partial charge in [-0.15, -0.1) is 0 Å². The molecule has 2 nitrogen and oxygen atoms in total. The van der Waals surface area contributed by atoms with Gasteiger partial charge in [-0.2, -0.15) is 0 Å². The van der Waals surface area contributed by atoms with Gasteiger partial charge in [0.05, 0.1) is 9.90 Å². The van der Waals surface area contributed by atoms with Crippen LogP contribution in [0.25, 0.3) is 11.1 Å². The number of carbonyl (C=O) groups excluding carboxylic acids is 1. The first-order chi connectivity index (χ1) is 10.3. The average molecular weight is 315 g/mol. The quantitative estimate of drug-likeness (QED) is 0.580. The minimum atomic E-state index is 0.539. The van der Waals surface area contributed by atoms with Crippen molar-refractivity contribution in [1.82, 2.24) is 0 Å². The van der Waals surface area contributed by atoms with E-state index in [0.717, 1.165) is 17.4 Å². The van der Waals surface area contributed by atoms with E-state index in [2.05, 4.69) is 0 Å². The Labute approximate surface area is 131 Å². The van der Waals surface area contributed by atoms with E-state index in [4.69, 9.17) is 16.3 Å². The lowest BCUT2D eigenvalue weighted by Crippen LogP contribution is -1.84. The SMILES string of the molecule is O=Cc1ccc(Oc2ccc(-c3ccccc3)cc2Cl)s1. The zero-order chi connectivity index (χ0) is 14.7. The molecule has 1 heterocycles. The molecule has 2 aromatic carbocycles. The molecule has 0 spiro atoms. The summed E-state index contributed by atoms with van der Waals surface area (Å²) in [5.74, 6) is 0.579. The van der Waals surface area contributed by atoms with Gasteiger partial charge in [-0.05, 0) is 35.4 Å². The van der Waals surface area contributed by atoms with Crippen molar-refractivity contribution in [3.8, 4) is 21.9 Å². The highest BCUT2D eigenvalue weighted by Crippen LogP contribution is 2.35. The van der Waals surface area contributed by atoms with Crippen molar-refractivity contribution in [2.45, 2.75) is 0 Å². The van der Waals surface area contributed by atoms with Crippen LogP contribution in [-0.4, -0.2) is 6.29 Å². The van der Waals surface area contributed by atoms with Crippen molar-refractivity contribution in [1.29, 1.82) is 0 Å². The first-order valence-corrected chi connectivity index (χ1v) is 7.53. The maximum Gasteiger partial charge on any atom is 0.181 e. The second kappa shape index (κ2) is 6.12. The Bertz CT molecular complexity index is 765. The number of carbonyl (C=O) groups is 1. The molecule has 0 atom stereocenters. The van der Waals surface area contributed by atoms with Crippen LogP contribution in [0.4, 0.5) is 0 Å². The van der Waals surface area contributed by atoms with Gasteiger partial charge in [0, 0.05) is 0 Å². The van der Waals surface area contributed by atoms with Gasteiger partial charge in [0.15, 0.2) is 11.3 Å². The van der Waals surface area contributed by atoms with Gasteiger partial charge in [-0.25, -0.2) is 0 Å². The molecule has 21 heavy (non-hydrogen) atoms. The highest BCUT2D eigenvalue weighted by molar-refractivity contribution is 7.15. The van der Waals surface area contributed by atoms with Crippen LogP contribution >= 0.6 is 22.9 Å². The van der Waals surface area contributed by atoms with Crippen molar-refractivity contribution in [3.05, 3.63) is 70.6 Å². The third-order valence-electron chi connectivity index (χ3n) is 2.97. The van der Waals surface area contributed by atoms with Crippen LogP contribution in [0, 0.1) is 0 Å². The van der Waals surface area contributed by atoms with Crippen LogP contribution < -0.4 is 4.74 Å². The Kier molecular flexibility index (Phi) is 4.04. The van der Waals surface area contributed by atoms with Gasteiger partial charge in [0.25, 0.3) is 0 Å². The Morgan fingerprint density at radius 2 is 1.76 bits per heavy atom. The van der Waals surface area contributed by atoms with Gasteiger partial charge < -0.3 is 4.74 Å². The molecule has 0 N–H and O–H groups in total. The van der Waals surface area contributed by atoms with Crippen molar-refractivity contribution in [2.24, 2.45) is 0 Å². The molecule has 0 amide bonds. The molecule has 3 rings (SSSR count). The monoisotopic (exact) mass is 314 g/mol. The summed E-state index contributed by atoms with van der Waals surface area (Å²) in [5, 5.41) is 1.18. The van der Waals surface area contributed by atoms with Crippen molar-refractivity contribution in [2.75, 3.05) is 0 Å². The molecule has 4 heteroatoms. The minimum Gasteiger partial charge on any atom is -0.445 e. The second-order valence-corrected chi connectivity index (χ2v) is 5.87. The summed E-state index contributed by atoms with van der Waals surface area (Å²) in [7, 11) is 0. The summed E-state index contributed by atoms with van der Waals surface area (Å²) < 4.78 is 5.71. The van der Waals surface area contributed by atoms with E-state index >= 15 is 0 Å². The predicted octanol–water partition coefficient (Wildman–Crippen LogP) is 5.67. The Hall–Kier alpha value is -2.10. The third kappa shape index (κ3) is 3.15. The molecule has 0 radical (unpaired) electrons. The standard InChI is InChI=1S/C17H11ClO2S/c18-15-10-13(12-4-2-1-3-5-12)6-8-16(15)20-17-9-7-14(11-19)21-17/h1-11H. The molecule has 0 aliphatic heterocycles. The predicted molar refractivity (Wildman–Crippen MR) is 86.7 cm³/mol. The topological polar surface area (TPSA) is 26.3 Å². The van der Waals surface area contributed by atoms with Crippen LogP contribution in [0.1, 0.15) is 9.67 Å². The molecule has 0 aliphatic carbocycles. The zero-order valence-corrected chi connectivity index (χ0v) is 12.5. The molecule has 1 aromatic heterocycles. The van der Waals surface area contributed by atoms with E-state index in [1.165, 1.54) is 11.3 Å². The molecule has 0 bridgehead atoms. The smallest absolute Gasteiger partial charge is 0.181 e. The lowest BCUT2D eigenvalue weighted by atomic mass is 10.1. The van der Waals surface area contributed by atoms with Gasteiger partial charge in [0.2, 0.25) is 0 Å². The lowest BCUT2D eigenvalue weighted by molar-refractivity contribution is 0.112. The Morgan fingerprint density at radius 3 is 2.43 bits per heavy atom. The van der Waals surface area contributed by atoms with Crippen LogP contribution in [0.3, 0.4) is 0 Å². The van der Waals surface area contributed by atoms with Gasteiger partial charge in [0.1, 0.15) is 5.75 Å². The first-order valence-electron chi connectivity index (χ1n) is 6.34. The highest BCUT2D eigenvalue weighted by atomic mass is 35.5. The number of rotatable bonds is 4. The lowest BCUT2D eigenvalue weighted by Gasteiger charge is -2.07. The summed E-state index contributed by atoms with van der Waals surface area (Å²) >= 11 is 7.57. The molecule has 3 aromatic rings. The third-order valence-corrected chi connectivity index (χ3v) is 4.15. The number of thiophene rings is 1. The number of hydrogen-bond donors (Lipinski definition) is 0.